The van der Waals surface area contributed by atoms with Gasteiger partial charge < -0.3 is 24.8 Å². The van der Waals surface area contributed by atoms with E-state index in [-0.39, 0.29) is 55.8 Å². The van der Waals surface area contributed by atoms with Gasteiger partial charge in [-0.1, -0.05) is 47.4 Å². The molecule has 2 atom stereocenters. The van der Waals surface area contributed by atoms with Crippen molar-refractivity contribution >= 4 is 29.8 Å². The molecule has 2 aliphatic heterocycles. The van der Waals surface area contributed by atoms with Gasteiger partial charge in [0.2, 0.25) is 5.91 Å². The molecule has 0 radical (unpaired) electrons. The van der Waals surface area contributed by atoms with Crippen LogP contribution in [0.15, 0.2) is 36.5 Å². The number of piperidine rings is 2. The zero-order valence-corrected chi connectivity index (χ0v) is 22.2. The number of rotatable bonds is 9. The van der Waals surface area contributed by atoms with E-state index in [1.54, 1.807) is 27.7 Å². The number of carbonyl (C=O) groups excluding carboxylic acids is 5. The summed E-state index contributed by atoms with van der Waals surface area (Å²) in [6.45, 7) is 18.5. The summed E-state index contributed by atoms with van der Waals surface area (Å²) in [6, 6.07) is 0. The summed E-state index contributed by atoms with van der Waals surface area (Å²) in [4.78, 5) is 64.8. The molecule has 2 aliphatic rings. The molecule has 204 valence electrons. The highest BCUT2D eigenvalue weighted by atomic mass is 16.6. The molecule has 0 saturated carbocycles. The smallest absolute Gasteiger partial charge is 0.407 e. The first kappa shape index (κ1) is 29.8. The van der Waals surface area contributed by atoms with Crippen LogP contribution >= 0.6 is 0 Å². The third kappa shape index (κ3) is 7.06. The van der Waals surface area contributed by atoms with Crippen molar-refractivity contribution in [2.75, 3.05) is 26.2 Å². The van der Waals surface area contributed by atoms with Crippen molar-refractivity contribution in [3.8, 4) is 0 Å². The number of imide groups is 1. The first-order valence-corrected chi connectivity index (χ1v) is 12.0. The van der Waals surface area contributed by atoms with Gasteiger partial charge in [-0.3, -0.25) is 19.3 Å². The van der Waals surface area contributed by atoms with E-state index < -0.39 is 52.9 Å². The van der Waals surface area contributed by atoms with E-state index in [2.05, 4.69) is 25.1 Å². The minimum atomic E-state index is -1.22. The molecule has 2 unspecified atom stereocenters. The molecule has 2 N–H and O–H groups in total. The first-order chi connectivity index (χ1) is 17.0. The van der Waals surface area contributed by atoms with Crippen LogP contribution in [0.2, 0.25) is 0 Å². The van der Waals surface area contributed by atoms with Crippen LogP contribution in [0.3, 0.4) is 0 Å². The topological polar surface area (TPSA) is 143 Å². The van der Waals surface area contributed by atoms with Crippen molar-refractivity contribution in [1.82, 2.24) is 15.1 Å². The Morgan fingerprint density at radius 1 is 1.08 bits per heavy atom. The minimum Gasteiger partial charge on any atom is -0.460 e. The number of nitrogens with one attached hydrogen (secondary N) is 1. The van der Waals surface area contributed by atoms with Crippen LogP contribution in [0.1, 0.15) is 47.5 Å². The van der Waals surface area contributed by atoms with Crippen molar-refractivity contribution in [2.24, 2.45) is 10.8 Å². The van der Waals surface area contributed by atoms with Crippen LogP contribution in [-0.2, 0) is 28.7 Å². The minimum absolute atomic E-state index is 0.0783. The molecule has 2 rings (SSSR count). The van der Waals surface area contributed by atoms with Crippen LogP contribution in [0.25, 0.3) is 0 Å². The molecular formula is C26H37N3O8. The van der Waals surface area contributed by atoms with Crippen molar-refractivity contribution in [1.29, 1.82) is 0 Å². The number of amides is 4. The van der Waals surface area contributed by atoms with E-state index in [0.29, 0.717) is 0 Å². The van der Waals surface area contributed by atoms with Gasteiger partial charge in [-0.05, 0) is 19.8 Å². The number of esters is 1. The van der Waals surface area contributed by atoms with Crippen molar-refractivity contribution in [3.05, 3.63) is 36.5 Å². The lowest BCUT2D eigenvalue weighted by atomic mass is 9.79. The maximum Gasteiger partial charge on any atom is 0.407 e. The van der Waals surface area contributed by atoms with Crippen LogP contribution in [0, 0.1) is 10.8 Å². The molecule has 0 aromatic rings. The highest BCUT2D eigenvalue weighted by molar-refractivity contribution is 6.08. The Morgan fingerprint density at radius 3 is 2.27 bits per heavy atom. The average molecular weight is 520 g/mol. The number of aliphatic hydroxyl groups excluding tert-OH is 1. The molecule has 11 heteroatoms. The van der Waals surface area contributed by atoms with E-state index in [9.17, 15) is 29.1 Å². The van der Waals surface area contributed by atoms with Gasteiger partial charge >= 0.3 is 12.1 Å². The Balaban J connectivity index is 2.22. The standard InChI is InChI=1S/C26H37N3O8/c1-15(2)21(32)36-10-9-27-24(35)37-18(13-28-19(30)16(3)11-25(5,6)22(28)33)14-29-20(31)17(4)12-26(7,8)23(29)34/h18,22,33H,1,3-4,9-14H2,2,5-8H3,(H,27,35). The summed E-state index contributed by atoms with van der Waals surface area (Å²) < 4.78 is 10.4. The van der Waals surface area contributed by atoms with Crippen LogP contribution in [-0.4, -0.2) is 83.3 Å². The van der Waals surface area contributed by atoms with E-state index in [0.717, 1.165) is 9.80 Å². The second kappa shape index (κ2) is 11.3. The highest BCUT2D eigenvalue weighted by Crippen LogP contribution is 2.37. The maximum atomic E-state index is 13.0. The van der Waals surface area contributed by atoms with Crippen molar-refractivity contribution < 1.29 is 38.6 Å². The predicted octanol–water partition coefficient (Wildman–Crippen LogP) is 1.67. The third-order valence-electron chi connectivity index (χ3n) is 6.27. The Bertz CT molecular complexity index is 1030. The van der Waals surface area contributed by atoms with Crippen LogP contribution in [0.4, 0.5) is 4.79 Å². The average Bonchev–Trinajstić information content (AvgIpc) is 2.79. The van der Waals surface area contributed by atoms with E-state index in [1.807, 2.05) is 0 Å². The number of carbonyl (C=O) groups is 5. The summed E-state index contributed by atoms with van der Waals surface area (Å²) in [5.41, 5.74) is -0.912. The zero-order chi connectivity index (χ0) is 28.3. The number of hydrogen-bond acceptors (Lipinski definition) is 8. The maximum absolute atomic E-state index is 13.0. The van der Waals surface area contributed by atoms with Gasteiger partial charge in [0.15, 0.2) is 0 Å². The van der Waals surface area contributed by atoms with Crippen LogP contribution in [0.5, 0.6) is 0 Å². The fourth-order valence-corrected chi connectivity index (χ4v) is 4.30. The zero-order valence-electron chi connectivity index (χ0n) is 22.2. The Labute approximate surface area is 217 Å². The lowest BCUT2D eigenvalue weighted by Gasteiger charge is -2.45. The van der Waals surface area contributed by atoms with Crippen LogP contribution < -0.4 is 5.32 Å². The number of ether oxygens (including phenoxy) is 2. The molecule has 2 fully saturated rings. The molecule has 2 heterocycles. The summed E-state index contributed by atoms with van der Waals surface area (Å²) in [5.74, 6) is -2.20. The molecule has 0 aliphatic carbocycles. The highest BCUT2D eigenvalue weighted by Gasteiger charge is 2.46. The number of aliphatic hydroxyl groups is 1. The Kier molecular flexibility index (Phi) is 9.08. The van der Waals surface area contributed by atoms with Gasteiger partial charge in [-0.15, -0.1) is 0 Å². The van der Waals surface area contributed by atoms with Gasteiger partial charge in [0.1, 0.15) is 18.9 Å². The van der Waals surface area contributed by atoms with Crippen molar-refractivity contribution in [2.45, 2.75) is 59.8 Å². The van der Waals surface area contributed by atoms with Gasteiger partial charge in [-0.2, -0.15) is 0 Å². The molecule has 11 nitrogen and oxygen atoms in total. The predicted molar refractivity (Wildman–Crippen MR) is 134 cm³/mol. The molecule has 0 aromatic carbocycles. The van der Waals surface area contributed by atoms with E-state index in [1.165, 1.54) is 6.92 Å². The number of hydrogen-bond donors (Lipinski definition) is 2. The quantitative estimate of drug-likeness (QED) is 0.203. The molecular weight excluding hydrogens is 482 g/mol. The Morgan fingerprint density at radius 2 is 1.68 bits per heavy atom. The van der Waals surface area contributed by atoms with E-state index >= 15 is 0 Å². The molecule has 4 amide bonds. The summed E-state index contributed by atoms with van der Waals surface area (Å²) in [6.07, 6.45) is -2.88. The number of likely N-dealkylation sites (tertiary alicyclic amines) is 2. The first-order valence-electron chi connectivity index (χ1n) is 12.0. The third-order valence-corrected chi connectivity index (χ3v) is 6.27. The largest absolute Gasteiger partial charge is 0.460 e. The lowest BCUT2D eigenvalue weighted by molar-refractivity contribution is -0.160. The Hall–Kier alpha value is -3.47. The monoisotopic (exact) mass is 519 g/mol. The second-order valence-electron chi connectivity index (χ2n) is 10.9. The number of nitrogens with zero attached hydrogens (tertiary/aromatic N) is 2. The summed E-state index contributed by atoms with van der Waals surface area (Å²) in [7, 11) is 0. The van der Waals surface area contributed by atoms with Gasteiger partial charge in [0.25, 0.3) is 11.8 Å². The molecule has 37 heavy (non-hydrogen) atoms. The normalized spacial score (nSPS) is 22.0. The summed E-state index contributed by atoms with van der Waals surface area (Å²) >= 11 is 0. The fraction of sp³-hybridized carbons (Fsp3) is 0.577. The second-order valence-corrected chi connectivity index (χ2v) is 10.9. The molecule has 0 spiro atoms. The molecule has 0 aromatic heterocycles. The van der Waals surface area contributed by atoms with Gasteiger partial charge in [-0.25, -0.2) is 9.59 Å². The van der Waals surface area contributed by atoms with Gasteiger partial charge in [0, 0.05) is 27.5 Å². The summed E-state index contributed by atoms with van der Waals surface area (Å²) in [5, 5.41) is 13.3. The van der Waals surface area contributed by atoms with Gasteiger partial charge in [0.05, 0.1) is 19.6 Å². The lowest BCUT2D eigenvalue weighted by Crippen LogP contribution is -2.59. The SMILES string of the molecule is C=C(C)C(=O)OCCNC(=O)OC(CN1C(=O)C(=C)CC(C)(C)C1=O)CN1C(=O)C(=C)CC(C)(C)C1O. The fourth-order valence-electron chi connectivity index (χ4n) is 4.30. The number of alkyl carbamates (subject to hydrolysis) is 1. The molecule has 0 bridgehead atoms. The molecule has 2 saturated heterocycles. The van der Waals surface area contributed by atoms with E-state index in [4.69, 9.17) is 9.47 Å². The van der Waals surface area contributed by atoms with Crippen molar-refractivity contribution in [3.63, 3.8) is 0 Å².